The molecule has 8 bridgehead atoms. The van der Waals surface area contributed by atoms with Crippen molar-refractivity contribution in [1.29, 1.82) is 0 Å². The molecule has 2 aliphatic rings. The Hall–Kier alpha value is -3.40. The Morgan fingerprint density at radius 2 is 1.30 bits per heavy atom. The van der Waals surface area contributed by atoms with Crippen molar-refractivity contribution >= 4 is 45.4 Å². The number of H-pyrrole nitrogens is 2. The van der Waals surface area contributed by atoms with E-state index >= 15 is 0 Å². The van der Waals surface area contributed by atoms with E-state index in [9.17, 15) is 0 Å². The molecular weight excluding hydrogens is 332 g/mol. The standard InChI is InChI=1S/C23H20N4/c1-3-21-14(2)22-12-19-8-6-17(25-19)10-15-4-5-16(24-15)11-18-7-9-20(26-18)13-23(21)27-22/h4-13,24,26H,3H2,1-2H3. The number of hydrogen-bond acceptors (Lipinski definition) is 2. The summed E-state index contributed by atoms with van der Waals surface area (Å²) >= 11 is 0. The Morgan fingerprint density at radius 1 is 0.704 bits per heavy atom. The van der Waals surface area contributed by atoms with Crippen LogP contribution in [0.25, 0.3) is 45.4 Å². The second kappa shape index (κ2) is 6.09. The van der Waals surface area contributed by atoms with Crippen molar-refractivity contribution in [2.45, 2.75) is 20.3 Å². The van der Waals surface area contributed by atoms with Crippen LogP contribution in [0.2, 0.25) is 0 Å². The van der Waals surface area contributed by atoms with Gasteiger partial charge in [0.2, 0.25) is 0 Å². The number of fused-ring (bicyclic) bond motifs is 8. The maximum Gasteiger partial charge on any atom is 0.0693 e. The van der Waals surface area contributed by atoms with Crippen molar-refractivity contribution < 1.29 is 0 Å². The second-order valence-electron chi connectivity index (χ2n) is 6.95. The van der Waals surface area contributed by atoms with Gasteiger partial charge in [-0.3, -0.25) is 0 Å². The van der Waals surface area contributed by atoms with Crippen LogP contribution in [0, 0.1) is 0 Å². The van der Waals surface area contributed by atoms with Crippen LogP contribution in [-0.2, 0) is 0 Å². The van der Waals surface area contributed by atoms with E-state index in [-0.39, 0.29) is 0 Å². The molecule has 0 spiro atoms. The molecule has 3 aromatic heterocycles. The number of aromatic nitrogens is 4. The van der Waals surface area contributed by atoms with E-state index < -0.39 is 0 Å². The van der Waals surface area contributed by atoms with E-state index in [0.717, 1.165) is 51.3 Å². The molecule has 132 valence electrons. The summed E-state index contributed by atoms with van der Waals surface area (Å²) < 4.78 is 0. The summed E-state index contributed by atoms with van der Waals surface area (Å²) in [5.74, 6) is 0. The lowest BCUT2D eigenvalue weighted by Crippen LogP contribution is -1.79. The first kappa shape index (κ1) is 15.8. The fourth-order valence-electron chi connectivity index (χ4n) is 3.70. The van der Waals surface area contributed by atoms with Crippen LogP contribution in [0.15, 0.2) is 48.5 Å². The summed E-state index contributed by atoms with van der Waals surface area (Å²) in [5, 5.41) is 0. The predicted octanol–water partition coefficient (Wildman–Crippen LogP) is 5.83. The van der Waals surface area contributed by atoms with Crippen LogP contribution in [0.1, 0.15) is 43.0 Å². The fraction of sp³-hybridized carbons (Fsp3) is 0.130. The molecule has 4 heteroatoms. The lowest BCUT2D eigenvalue weighted by Gasteiger charge is -1.98. The van der Waals surface area contributed by atoms with Gasteiger partial charge < -0.3 is 9.97 Å². The van der Waals surface area contributed by atoms with Crippen molar-refractivity contribution in [1.82, 2.24) is 19.9 Å². The first-order valence-electron chi connectivity index (χ1n) is 9.25. The number of allylic oxidation sites excluding steroid dienone is 2. The van der Waals surface area contributed by atoms with Gasteiger partial charge in [-0.05, 0) is 85.2 Å². The van der Waals surface area contributed by atoms with Crippen molar-refractivity contribution in [3.05, 3.63) is 71.3 Å². The lowest BCUT2D eigenvalue weighted by atomic mass is 10.0. The molecule has 2 N–H and O–H groups in total. The molecule has 0 amide bonds. The molecule has 0 unspecified atom stereocenters. The Balaban J connectivity index is 1.87. The summed E-state index contributed by atoms with van der Waals surface area (Å²) in [4.78, 5) is 16.5. The first-order valence-corrected chi connectivity index (χ1v) is 9.25. The van der Waals surface area contributed by atoms with E-state index in [4.69, 9.17) is 9.97 Å². The molecule has 27 heavy (non-hydrogen) atoms. The van der Waals surface area contributed by atoms with Crippen LogP contribution in [-0.4, -0.2) is 19.9 Å². The summed E-state index contributed by atoms with van der Waals surface area (Å²) in [6.45, 7) is 4.32. The zero-order valence-corrected chi connectivity index (χ0v) is 15.4. The van der Waals surface area contributed by atoms with Gasteiger partial charge in [-0.15, -0.1) is 0 Å². The van der Waals surface area contributed by atoms with Crippen molar-refractivity contribution in [2.75, 3.05) is 0 Å². The Kier molecular flexibility index (Phi) is 3.57. The molecule has 0 saturated heterocycles. The second-order valence-corrected chi connectivity index (χ2v) is 6.95. The number of hydrogen-bond donors (Lipinski definition) is 2. The largest absolute Gasteiger partial charge is 0.355 e. The van der Waals surface area contributed by atoms with Crippen molar-refractivity contribution in [3.8, 4) is 0 Å². The minimum atomic E-state index is 0.934. The third-order valence-electron chi connectivity index (χ3n) is 5.08. The zero-order valence-electron chi connectivity index (χ0n) is 15.4. The normalized spacial score (nSPS) is 13.4. The monoisotopic (exact) mass is 352 g/mol. The van der Waals surface area contributed by atoms with E-state index in [1.807, 2.05) is 12.2 Å². The highest BCUT2D eigenvalue weighted by Crippen LogP contribution is 2.32. The average Bonchev–Trinajstić information content (AvgIpc) is 3.41. The third-order valence-corrected chi connectivity index (χ3v) is 5.08. The van der Waals surface area contributed by atoms with Gasteiger partial charge in [0.1, 0.15) is 0 Å². The molecule has 0 saturated carbocycles. The van der Waals surface area contributed by atoms with Crippen LogP contribution in [0.3, 0.4) is 0 Å². The maximum atomic E-state index is 4.89. The molecule has 5 rings (SSSR count). The Labute approximate surface area is 157 Å². The lowest BCUT2D eigenvalue weighted by molar-refractivity contribution is 1.21. The molecule has 0 aliphatic carbocycles. The van der Waals surface area contributed by atoms with Crippen LogP contribution in [0.4, 0.5) is 0 Å². The van der Waals surface area contributed by atoms with Gasteiger partial charge >= 0.3 is 0 Å². The molecule has 0 aromatic carbocycles. The number of nitrogens with zero attached hydrogens (tertiary/aromatic N) is 2. The quantitative estimate of drug-likeness (QED) is 0.453. The average molecular weight is 352 g/mol. The van der Waals surface area contributed by atoms with E-state index in [2.05, 4.69) is 72.3 Å². The van der Waals surface area contributed by atoms with E-state index in [0.29, 0.717) is 0 Å². The summed E-state index contributed by atoms with van der Waals surface area (Å²) in [6.07, 6.45) is 5.04. The van der Waals surface area contributed by atoms with Gasteiger partial charge in [-0.25, -0.2) is 9.97 Å². The van der Waals surface area contributed by atoms with Gasteiger partial charge in [0.25, 0.3) is 0 Å². The minimum absolute atomic E-state index is 0.934. The molecule has 3 aromatic rings. The van der Waals surface area contributed by atoms with Crippen LogP contribution < -0.4 is 0 Å². The maximum absolute atomic E-state index is 4.89. The van der Waals surface area contributed by atoms with Gasteiger partial charge in [-0.2, -0.15) is 0 Å². The first-order chi connectivity index (χ1) is 13.2. The van der Waals surface area contributed by atoms with Crippen molar-refractivity contribution in [2.24, 2.45) is 0 Å². The minimum Gasteiger partial charge on any atom is -0.355 e. The SMILES string of the molecule is CCC1=C(C)c2cc3nc(cc4ccc(cc5ccc(cc1n2)[nH]5)[nH]4)C=C3. The molecule has 2 aliphatic heterocycles. The highest BCUT2D eigenvalue weighted by atomic mass is 14.8. The summed E-state index contributed by atoms with van der Waals surface area (Å²) in [5.41, 5.74) is 10.6. The number of rotatable bonds is 1. The molecule has 0 atom stereocenters. The fourth-order valence-corrected chi connectivity index (χ4v) is 3.70. The highest BCUT2D eigenvalue weighted by Gasteiger charge is 2.15. The predicted molar refractivity (Wildman–Crippen MR) is 113 cm³/mol. The molecule has 4 nitrogen and oxygen atoms in total. The smallest absolute Gasteiger partial charge is 0.0693 e. The molecular formula is C23H20N4. The van der Waals surface area contributed by atoms with Gasteiger partial charge in [0.05, 0.1) is 22.8 Å². The van der Waals surface area contributed by atoms with Gasteiger partial charge in [0, 0.05) is 22.1 Å². The Bertz CT molecular complexity index is 1270. The molecule has 0 radical (unpaired) electrons. The summed E-state index contributed by atoms with van der Waals surface area (Å²) in [7, 11) is 0. The van der Waals surface area contributed by atoms with Crippen LogP contribution >= 0.6 is 0 Å². The zero-order chi connectivity index (χ0) is 18.4. The number of nitrogens with one attached hydrogen (secondary N) is 2. The third kappa shape index (κ3) is 2.89. The topological polar surface area (TPSA) is 57.4 Å². The Morgan fingerprint density at radius 3 is 1.96 bits per heavy atom. The van der Waals surface area contributed by atoms with Gasteiger partial charge in [-0.1, -0.05) is 6.92 Å². The molecule has 5 heterocycles. The highest BCUT2D eigenvalue weighted by molar-refractivity contribution is 5.92. The summed E-state index contributed by atoms with van der Waals surface area (Å²) in [6, 6.07) is 16.7. The van der Waals surface area contributed by atoms with Gasteiger partial charge in [0.15, 0.2) is 0 Å². The number of aromatic amines is 2. The van der Waals surface area contributed by atoms with Crippen LogP contribution in [0.5, 0.6) is 0 Å². The van der Waals surface area contributed by atoms with E-state index in [1.165, 1.54) is 11.1 Å². The molecule has 0 fully saturated rings. The van der Waals surface area contributed by atoms with Crippen molar-refractivity contribution in [3.63, 3.8) is 0 Å². The van der Waals surface area contributed by atoms with E-state index in [1.54, 1.807) is 0 Å².